The summed E-state index contributed by atoms with van der Waals surface area (Å²) in [6.07, 6.45) is 89.5. The van der Waals surface area contributed by atoms with E-state index in [1.165, 1.54) is 340 Å². The Labute approximate surface area is 507 Å². The zero-order chi connectivity index (χ0) is 58.5. The molecule has 6 nitrogen and oxygen atoms in total. The summed E-state index contributed by atoms with van der Waals surface area (Å²) in [4.78, 5) is 24.7. The van der Waals surface area contributed by atoms with E-state index in [1.807, 2.05) is 0 Å². The maximum Gasteiger partial charge on any atom is 0.305 e. The number of esters is 1. The Balaban J connectivity index is 3.39. The van der Waals surface area contributed by atoms with Crippen molar-refractivity contribution in [2.75, 3.05) is 13.2 Å². The summed E-state index contributed by atoms with van der Waals surface area (Å²) in [7, 11) is 0. The Hall–Kier alpha value is -1.66. The molecule has 0 heterocycles. The van der Waals surface area contributed by atoms with Gasteiger partial charge in [-0.15, -0.1) is 0 Å². The van der Waals surface area contributed by atoms with Crippen LogP contribution in [0.3, 0.4) is 0 Å². The van der Waals surface area contributed by atoms with E-state index in [9.17, 15) is 19.8 Å². The molecule has 0 aromatic rings. The highest BCUT2D eigenvalue weighted by atomic mass is 16.5. The Bertz CT molecular complexity index is 1270. The summed E-state index contributed by atoms with van der Waals surface area (Å²) in [6.45, 7) is 4.99. The number of hydrogen-bond donors (Lipinski definition) is 3. The first kappa shape index (κ1) is 79.3. The highest BCUT2D eigenvalue weighted by Gasteiger charge is 2.20. The maximum absolute atomic E-state index is 12.6. The molecular weight excluding hydrogens is 995 g/mol. The minimum Gasteiger partial charge on any atom is -0.466 e. The molecule has 2 atom stereocenters. The van der Waals surface area contributed by atoms with Crippen molar-refractivity contribution in [1.29, 1.82) is 0 Å². The maximum atomic E-state index is 12.6. The van der Waals surface area contributed by atoms with Gasteiger partial charge in [0.1, 0.15) is 0 Å². The van der Waals surface area contributed by atoms with Gasteiger partial charge < -0.3 is 20.3 Å². The smallest absolute Gasteiger partial charge is 0.305 e. The van der Waals surface area contributed by atoms with Crippen LogP contribution in [0.25, 0.3) is 0 Å². The molecule has 0 fully saturated rings. The molecule has 0 aromatic carbocycles. The number of allylic oxidation sites excluding steroid dienone is 4. The van der Waals surface area contributed by atoms with Crippen LogP contribution in [-0.2, 0) is 14.3 Å². The van der Waals surface area contributed by atoms with Crippen LogP contribution in [0.1, 0.15) is 418 Å². The Morgan fingerprint density at radius 3 is 0.877 bits per heavy atom. The molecule has 0 rings (SSSR count). The number of aliphatic hydroxyl groups excluding tert-OH is 2. The van der Waals surface area contributed by atoms with Gasteiger partial charge in [0.25, 0.3) is 0 Å². The van der Waals surface area contributed by atoms with E-state index in [2.05, 4.69) is 43.5 Å². The van der Waals surface area contributed by atoms with Crippen molar-refractivity contribution >= 4 is 11.9 Å². The van der Waals surface area contributed by atoms with Gasteiger partial charge in [0.05, 0.1) is 25.4 Å². The molecule has 6 heteroatoms. The van der Waals surface area contributed by atoms with Gasteiger partial charge in [-0.05, 0) is 77.0 Å². The summed E-state index contributed by atoms with van der Waals surface area (Å²) in [5.41, 5.74) is 0. The van der Waals surface area contributed by atoms with Crippen LogP contribution < -0.4 is 5.32 Å². The lowest BCUT2D eigenvalue weighted by Crippen LogP contribution is -2.45. The van der Waals surface area contributed by atoms with Crippen molar-refractivity contribution in [3.05, 3.63) is 24.3 Å². The van der Waals surface area contributed by atoms with Crippen LogP contribution in [0.2, 0.25) is 0 Å². The lowest BCUT2D eigenvalue weighted by atomic mass is 10.0. The quantitative estimate of drug-likeness (QED) is 0.0320. The number of ether oxygens (including phenoxy) is 1. The van der Waals surface area contributed by atoms with Gasteiger partial charge in [-0.25, -0.2) is 0 Å². The van der Waals surface area contributed by atoms with E-state index in [0.717, 1.165) is 44.9 Å². The van der Waals surface area contributed by atoms with Crippen molar-refractivity contribution in [2.45, 2.75) is 431 Å². The van der Waals surface area contributed by atoms with Crippen LogP contribution in [0.4, 0.5) is 0 Å². The fourth-order valence-corrected chi connectivity index (χ4v) is 11.8. The predicted molar refractivity (Wildman–Crippen MR) is 356 cm³/mol. The third-order valence-electron chi connectivity index (χ3n) is 17.5. The molecule has 3 N–H and O–H groups in total. The highest BCUT2D eigenvalue weighted by Crippen LogP contribution is 2.19. The van der Waals surface area contributed by atoms with Crippen molar-refractivity contribution in [3.8, 4) is 0 Å². The molecule has 1 amide bonds. The molecule has 0 aliphatic heterocycles. The monoisotopic (exact) mass is 1140 g/mol. The first-order valence-electron chi connectivity index (χ1n) is 37.1. The van der Waals surface area contributed by atoms with Crippen molar-refractivity contribution < 1.29 is 24.5 Å². The summed E-state index contributed by atoms with van der Waals surface area (Å²) >= 11 is 0. The molecule has 0 radical (unpaired) electrons. The Morgan fingerprint density at radius 1 is 0.333 bits per heavy atom. The number of carbonyl (C=O) groups is 2. The first-order chi connectivity index (χ1) is 40.0. The number of aliphatic hydroxyl groups is 2. The molecule has 0 aliphatic carbocycles. The van der Waals surface area contributed by atoms with Gasteiger partial charge in [-0.1, -0.05) is 353 Å². The molecular formula is C75H145NO5. The number of unbranched alkanes of at least 4 members (excludes halogenated alkanes) is 55. The zero-order valence-electron chi connectivity index (χ0n) is 55.0. The molecule has 0 spiro atoms. The Morgan fingerprint density at radius 2 is 0.580 bits per heavy atom. The van der Waals surface area contributed by atoms with Crippen molar-refractivity contribution in [2.24, 2.45) is 0 Å². The largest absolute Gasteiger partial charge is 0.466 e. The van der Waals surface area contributed by atoms with Gasteiger partial charge in [-0.3, -0.25) is 9.59 Å². The third kappa shape index (κ3) is 67.3. The van der Waals surface area contributed by atoms with E-state index in [4.69, 9.17) is 4.74 Å². The lowest BCUT2D eigenvalue weighted by Gasteiger charge is -2.22. The van der Waals surface area contributed by atoms with E-state index < -0.39 is 12.1 Å². The van der Waals surface area contributed by atoms with Gasteiger partial charge >= 0.3 is 5.97 Å². The van der Waals surface area contributed by atoms with Crippen molar-refractivity contribution in [1.82, 2.24) is 5.32 Å². The summed E-state index contributed by atoms with van der Waals surface area (Å²) in [5.74, 6) is -0.0243. The number of nitrogens with one attached hydrogen (secondary N) is 1. The van der Waals surface area contributed by atoms with E-state index >= 15 is 0 Å². The predicted octanol–water partition coefficient (Wildman–Crippen LogP) is 24.1. The number of amides is 1. The average molecular weight is 1140 g/mol. The molecule has 0 bridgehead atoms. The number of carbonyl (C=O) groups excluding carboxylic acids is 2. The highest BCUT2D eigenvalue weighted by molar-refractivity contribution is 5.76. The minimum absolute atomic E-state index is 0.0122. The van der Waals surface area contributed by atoms with Gasteiger partial charge in [0, 0.05) is 12.8 Å². The fraction of sp³-hybridized carbons (Fsp3) is 0.920. The average Bonchev–Trinajstić information content (AvgIpc) is 3.47. The second-order valence-corrected chi connectivity index (χ2v) is 25.6. The summed E-state index contributed by atoms with van der Waals surface area (Å²) in [5, 5.41) is 23.4. The van der Waals surface area contributed by atoms with Crippen LogP contribution in [0.15, 0.2) is 24.3 Å². The minimum atomic E-state index is -0.670. The summed E-state index contributed by atoms with van der Waals surface area (Å²) in [6, 6.07) is -0.547. The SMILES string of the molecule is CCCCCCCC/C=C\CCCCCCCCCCCC(=O)OCCCCCCCCCCCCCC/C=C\CCCCCCCCCC(=O)NC(CO)C(O)CCCCCCCCCCCCCCCCCCCCCCCC. The molecule has 0 aliphatic rings. The second-order valence-electron chi connectivity index (χ2n) is 25.6. The van der Waals surface area contributed by atoms with Gasteiger partial charge in [-0.2, -0.15) is 0 Å². The topological polar surface area (TPSA) is 95.9 Å². The standard InChI is InChI=1S/C75H145NO5/c1-3-5-7-9-11-13-15-17-19-21-23-24-28-32-35-39-43-47-51-55-59-63-67-73(78)72(71-77)76-74(79)68-64-60-56-52-48-44-40-36-33-29-26-25-27-30-34-38-42-46-50-54-58-62-66-70-81-75(80)69-65-61-57-53-49-45-41-37-31-22-20-18-16-14-12-10-8-6-4-2/h18,20,29,33,72-73,77-78H,3-17,19,21-28,30-32,34-71H2,1-2H3,(H,76,79)/b20-18-,33-29-. The van der Waals surface area contributed by atoms with Crippen molar-refractivity contribution in [3.63, 3.8) is 0 Å². The molecule has 0 aromatic heterocycles. The normalized spacial score (nSPS) is 12.6. The van der Waals surface area contributed by atoms with Crippen LogP contribution in [0.5, 0.6) is 0 Å². The van der Waals surface area contributed by atoms with E-state index in [1.54, 1.807) is 0 Å². The van der Waals surface area contributed by atoms with Crippen LogP contribution in [0, 0.1) is 0 Å². The zero-order valence-corrected chi connectivity index (χ0v) is 55.0. The fourth-order valence-electron chi connectivity index (χ4n) is 11.8. The van der Waals surface area contributed by atoms with E-state index in [-0.39, 0.29) is 18.5 Å². The van der Waals surface area contributed by atoms with Gasteiger partial charge in [0.2, 0.25) is 5.91 Å². The van der Waals surface area contributed by atoms with Gasteiger partial charge in [0.15, 0.2) is 0 Å². The number of hydrogen-bond acceptors (Lipinski definition) is 5. The van der Waals surface area contributed by atoms with E-state index in [0.29, 0.717) is 25.9 Å². The molecule has 480 valence electrons. The molecule has 2 unspecified atom stereocenters. The van der Waals surface area contributed by atoms with Crippen LogP contribution >= 0.6 is 0 Å². The second kappa shape index (κ2) is 70.8. The number of rotatable bonds is 70. The first-order valence-corrected chi connectivity index (χ1v) is 37.1. The molecule has 81 heavy (non-hydrogen) atoms. The molecule has 0 saturated heterocycles. The Kier molecular flexibility index (Phi) is 69.4. The lowest BCUT2D eigenvalue weighted by molar-refractivity contribution is -0.143. The third-order valence-corrected chi connectivity index (χ3v) is 17.5. The molecule has 0 saturated carbocycles. The summed E-state index contributed by atoms with van der Waals surface area (Å²) < 4.78 is 5.51. The van der Waals surface area contributed by atoms with Crippen LogP contribution in [-0.4, -0.2) is 47.4 Å².